The van der Waals surface area contributed by atoms with E-state index in [-0.39, 0.29) is 18.4 Å². The van der Waals surface area contributed by atoms with Gasteiger partial charge in [0.25, 0.3) is 5.91 Å². The standard InChI is InChI=1S/C14H19N3O3/c15-11-5-3-10(4-6-11)14(20)16-8-13(19)17-7-1-2-12(18)9-17/h3-6,12,18H,1-2,7-9,15H2,(H,16,20)/t12-/m0/s1. The Kier molecular flexibility index (Phi) is 4.57. The maximum absolute atomic E-state index is 11.9. The van der Waals surface area contributed by atoms with Crippen molar-refractivity contribution in [3.8, 4) is 0 Å². The highest BCUT2D eigenvalue weighted by atomic mass is 16.3. The number of piperidine rings is 1. The van der Waals surface area contributed by atoms with Gasteiger partial charge in [-0.25, -0.2) is 0 Å². The van der Waals surface area contributed by atoms with Crippen LogP contribution in [0.2, 0.25) is 0 Å². The van der Waals surface area contributed by atoms with E-state index < -0.39 is 6.10 Å². The Morgan fingerprint density at radius 2 is 2.05 bits per heavy atom. The summed E-state index contributed by atoms with van der Waals surface area (Å²) < 4.78 is 0. The molecule has 1 aromatic carbocycles. The highest BCUT2D eigenvalue weighted by Crippen LogP contribution is 2.09. The number of β-amino-alcohol motifs (C(OH)–C–C–N with tert-alkyl or cyclic N) is 1. The summed E-state index contributed by atoms with van der Waals surface area (Å²) in [6.45, 7) is 0.917. The molecule has 108 valence electrons. The van der Waals surface area contributed by atoms with Crippen molar-refractivity contribution in [3.05, 3.63) is 29.8 Å². The summed E-state index contributed by atoms with van der Waals surface area (Å²) in [5.74, 6) is -0.483. The lowest BCUT2D eigenvalue weighted by molar-refractivity contribution is -0.133. The van der Waals surface area contributed by atoms with E-state index in [1.165, 1.54) is 0 Å². The zero-order valence-electron chi connectivity index (χ0n) is 11.2. The molecule has 1 aliphatic heterocycles. The van der Waals surface area contributed by atoms with E-state index in [0.29, 0.717) is 24.3 Å². The number of likely N-dealkylation sites (tertiary alicyclic amines) is 1. The van der Waals surface area contributed by atoms with Crippen molar-refractivity contribution < 1.29 is 14.7 Å². The van der Waals surface area contributed by atoms with E-state index in [9.17, 15) is 14.7 Å². The van der Waals surface area contributed by atoms with Gasteiger partial charge in [0.05, 0.1) is 12.6 Å². The summed E-state index contributed by atoms with van der Waals surface area (Å²) in [4.78, 5) is 25.3. The van der Waals surface area contributed by atoms with E-state index in [0.717, 1.165) is 12.8 Å². The van der Waals surface area contributed by atoms with Gasteiger partial charge in [0, 0.05) is 24.3 Å². The molecule has 1 fully saturated rings. The third-order valence-electron chi connectivity index (χ3n) is 3.32. The Labute approximate surface area is 117 Å². The van der Waals surface area contributed by atoms with Crippen LogP contribution in [0.25, 0.3) is 0 Å². The van der Waals surface area contributed by atoms with Crippen molar-refractivity contribution in [3.63, 3.8) is 0 Å². The van der Waals surface area contributed by atoms with Gasteiger partial charge in [0.2, 0.25) is 5.91 Å². The predicted molar refractivity (Wildman–Crippen MR) is 75.0 cm³/mol. The fraction of sp³-hybridized carbons (Fsp3) is 0.429. The topological polar surface area (TPSA) is 95.7 Å². The number of rotatable bonds is 3. The first-order valence-electron chi connectivity index (χ1n) is 6.66. The van der Waals surface area contributed by atoms with Gasteiger partial charge in [-0.05, 0) is 37.1 Å². The van der Waals surface area contributed by atoms with E-state index in [1.807, 2.05) is 0 Å². The lowest BCUT2D eigenvalue weighted by Gasteiger charge is -2.30. The van der Waals surface area contributed by atoms with Gasteiger partial charge in [-0.2, -0.15) is 0 Å². The van der Waals surface area contributed by atoms with Crippen LogP contribution in [-0.2, 0) is 4.79 Å². The van der Waals surface area contributed by atoms with E-state index >= 15 is 0 Å². The van der Waals surface area contributed by atoms with Crippen LogP contribution in [0.4, 0.5) is 5.69 Å². The Balaban J connectivity index is 1.83. The Morgan fingerprint density at radius 1 is 1.35 bits per heavy atom. The number of hydrogen-bond donors (Lipinski definition) is 3. The van der Waals surface area contributed by atoms with Crippen LogP contribution in [0.1, 0.15) is 23.2 Å². The molecule has 0 saturated carbocycles. The van der Waals surface area contributed by atoms with Crippen molar-refractivity contribution in [2.75, 3.05) is 25.4 Å². The van der Waals surface area contributed by atoms with Crippen LogP contribution in [-0.4, -0.2) is 47.6 Å². The molecule has 1 atom stereocenters. The lowest BCUT2D eigenvalue weighted by atomic mass is 10.1. The van der Waals surface area contributed by atoms with Gasteiger partial charge in [-0.3, -0.25) is 9.59 Å². The smallest absolute Gasteiger partial charge is 0.251 e. The van der Waals surface area contributed by atoms with E-state index in [2.05, 4.69) is 5.32 Å². The van der Waals surface area contributed by atoms with Crippen molar-refractivity contribution in [2.24, 2.45) is 0 Å². The highest BCUT2D eigenvalue weighted by Gasteiger charge is 2.22. The molecule has 0 unspecified atom stereocenters. The summed E-state index contributed by atoms with van der Waals surface area (Å²) in [7, 11) is 0. The monoisotopic (exact) mass is 277 g/mol. The molecular formula is C14H19N3O3. The van der Waals surface area contributed by atoms with Crippen LogP contribution >= 0.6 is 0 Å². The van der Waals surface area contributed by atoms with Crippen molar-refractivity contribution >= 4 is 17.5 Å². The Bertz CT molecular complexity index is 487. The molecule has 2 rings (SSSR count). The third-order valence-corrected chi connectivity index (χ3v) is 3.32. The Morgan fingerprint density at radius 3 is 2.70 bits per heavy atom. The summed E-state index contributed by atoms with van der Waals surface area (Å²) >= 11 is 0. The summed E-state index contributed by atoms with van der Waals surface area (Å²) in [5.41, 5.74) is 6.59. The molecule has 0 spiro atoms. The zero-order chi connectivity index (χ0) is 14.5. The largest absolute Gasteiger partial charge is 0.399 e. The number of nitrogen functional groups attached to an aromatic ring is 1. The number of aliphatic hydroxyl groups is 1. The molecular weight excluding hydrogens is 258 g/mol. The fourth-order valence-electron chi connectivity index (χ4n) is 2.19. The summed E-state index contributed by atoms with van der Waals surface area (Å²) in [6.07, 6.45) is 1.06. The third kappa shape index (κ3) is 3.71. The van der Waals surface area contributed by atoms with Crippen LogP contribution in [0.5, 0.6) is 0 Å². The lowest BCUT2D eigenvalue weighted by Crippen LogP contribution is -2.46. The van der Waals surface area contributed by atoms with Crippen molar-refractivity contribution in [1.29, 1.82) is 0 Å². The number of hydrogen-bond acceptors (Lipinski definition) is 4. The number of aliphatic hydroxyl groups excluding tert-OH is 1. The second-order valence-electron chi connectivity index (χ2n) is 4.94. The van der Waals surface area contributed by atoms with Gasteiger partial charge in [-0.15, -0.1) is 0 Å². The molecule has 0 bridgehead atoms. The first-order chi connectivity index (χ1) is 9.56. The minimum Gasteiger partial charge on any atom is -0.399 e. The molecule has 0 aliphatic carbocycles. The number of anilines is 1. The van der Waals surface area contributed by atoms with Crippen molar-refractivity contribution in [1.82, 2.24) is 10.2 Å². The molecule has 4 N–H and O–H groups in total. The minimum absolute atomic E-state index is 0.0596. The highest BCUT2D eigenvalue weighted by molar-refractivity contribution is 5.96. The molecule has 0 aromatic heterocycles. The van der Waals surface area contributed by atoms with Crippen LogP contribution in [0.15, 0.2) is 24.3 Å². The number of nitrogens with one attached hydrogen (secondary N) is 1. The second kappa shape index (κ2) is 6.38. The number of nitrogens with two attached hydrogens (primary N) is 1. The quantitative estimate of drug-likeness (QED) is 0.677. The number of benzene rings is 1. The molecule has 0 radical (unpaired) electrons. The normalized spacial score (nSPS) is 18.6. The maximum atomic E-state index is 11.9. The van der Waals surface area contributed by atoms with E-state index in [1.54, 1.807) is 29.2 Å². The average Bonchev–Trinajstić information content (AvgIpc) is 2.45. The zero-order valence-corrected chi connectivity index (χ0v) is 11.2. The predicted octanol–water partition coefficient (Wildman–Crippen LogP) is -0.0181. The molecule has 1 saturated heterocycles. The van der Waals surface area contributed by atoms with Crippen LogP contribution < -0.4 is 11.1 Å². The Hall–Kier alpha value is -2.08. The maximum Gasteiger partial charge on any atom is 0.251 e. The van der Waals surface area contributed by atoms with Crippen LogP contribution in [0, 0.1) is 0 Å². The molecule has 6 nitrogen and oxygen atoms in total. The van der Waals surface area contributed by atoms with Crippen molar-refractivity contribution in [2.45, 2.75) is 18.9 Å². The molecule has 6 heteroatoms. The molecule has 1 aliphatic rings. The number of nitrogens with zero attached hydrogens (tertiary/aromatic N) is 1. The van der Waals surface area contributed by atoms with Gasteiger partial charge in [0.1, 0.15) is 0 Å². The summed E-state index contributed by atoms with van der Waals surface area (Å²) in [6, 6.07) is 6.50. The first-order valence-corrected chi connectivity index (χ1v) is 6.66. The number of amides is 2. The number of carbonyl (C=O) groups is 2. The number of carbonyl (C=O) groups excluding carboxylic acids is 2. The van der Waals surface area contributed by atoms with Gasteiger partial charge in [0.15, 0.2) is 0 Å². The second-order valence-corrected chi connectivity index (χ2v) is 4.94. The molecule has 20 heavy (non-hydrogen) atoms. The van der Waals surface area contributed by atoms with Gasteiger partial charge >= 0.3 is 0 Å². The molecule has 1 heterocycles. The SMILES string of the molecule is Nc1ccc(C(=O)NCC(=O)N2CCC[C@H](O)C2)cc1. The first kappa shape index (κ1) is 14.3. The molecule has 1 aromatic rings. The minimum atomic E-state index is -0.458. The molecule has 2 amide bonds. The fourth-order valence-corrected chi connectivity index (χ4v) is 2.19. The van der Waals surface area contributed by atoms with E-state index in [4.69, 9.17) is 5.73 Å². The van der Waals surface area contributed by atoms with Crippen LogP contribution in [0.3, 0.4) is 0 Å². The average molecular weight is 277 g/mol. The van der Waals surface area contributed by atoms with Gasteiger partial charge in [-0.1, -0.05) is 0 Å². The summed E-state index contributed by atoms with van der Waals surface area (Å²) in [5, 5.41) is 12.1. The van der Waals surface area contributed by atoms with Gasteiger partial charge < -0.3 is 21.1 Å².